The molecule has 0 aliphatic rings. The normalized spacial score (nSPS) is 10.8. The zero-order valence-corrected chi connectivity index (χ0v) is 12.0. The van der Waals surface area contributed by atoms with Crippen molar-refractivity contribution in [3.05, 3.63) is 20.3 Å². The Kier molecular flexibility index (Phi) is 5.20. The molecule has 0 spiro atoms. The van der Waals surface area contributed by atoms with Crippen molar-refractivity contribution in [3.63, 3.8) is 0 Å². The quantitative estimate of drug-likeness (QED) is 0.807. The van der Waals surface area contributed by atoms with Crippen molar-refractivity contribution in [3.8, 4) is 0 Å². The van der Waals surface area contributed by atoms with Crippen molar-refractivity contribution in [2.24, 2.45) is 0 Å². The van der Waals surface area contributed by atoms with E-state index >= 15 is 0 Å². The first-order valence-electron chi connectivity index (χ1n) is 5.11. The lowest BCUT2D eigenvalue weighted by molar-refractivity contribution is 0.401. The molecule has 0 saturated carbocycles. The molecule has 0 bridgehead atoms. The molecule has 16 heavy (non-hydrogen) atoms. The van der Waals surface area contributed by atoms with E-state index in [1.165, 1.54) is 6.33 Å². The third kappa shape index (κ3) is 3.75. The van der Waals surface area contributed by atoms with Crippen molar-refractivity contribution in [2.45, 2.75) is 6.42 Å². The largest absolute Gasteiger partial charge is 0.359 e. The van der Waals surface area contributed by atoms with E-state index in [1.54, 1.807) is 0 Å². The molecule has 0 unspecified atom stereocenters. The first-order valence-corrected chi connectivity index (χ1v) is 6.19. The van der Waals surface area contributed by atoms with Crippen LogP contribution in [-0.2, 0) is 0 Å². The second kappa shape index (κ2) is 6.19. The molecule has 0 fully saturated rings. The Morgan fingerprint density at radius 3 is 2.69 bits per heavy atom. The van der Waals surface area contributed by atoms with Crippen molar-refractivity contribution >= 4 is 28.4 Å². The van der Waals surface area contributed by atoms with Gasteiger partial charge in [-0.15, -0.1) is 0 Å². The number of aromatic nitrogens is 2. The molecule has 1 N–H and O–H groups in total. The van der Waals surface area contributed by atoms with Crippen LogP contribution in [0.1, 0.15) is 6.42 Å². The second-order valence-corrected chi connectivity index (χ2v) is 5.03. The van der Waals surface area contributed by atoms with Crippen LogP contribution in [0.15, 0.2) is 11.1 Å². The van der Waals surface area contributed by atoms with Crippen molar-refractivity contribution < 1.29 is 0 Å². The Hall–Kier alpha value is -0.630. The Morgan fingerprint density at radius 1 is 1.38 bits per heavy atom. The molecular formula is C10H17IN4O. The average molecular weight is 336 g/mol. The zero-order chi connectivity index (χ0) is 12.1. The maximum atomic E-state index is 11.4. The van der Waals surface area contributed by atoms with Gasteiger partial charge in [0.15, 0.2) is 0 Å². The highest BCUT2D eigenvalue weighted by Crippen LogP contribution is 2.13. The number of nitrogens with zero attached hydrogens (tertiary/aromatic N) is 3. The van der Waals surface area contributed by atoms with Crippen LogP contribution in [0.3, 0.4) is 0 Å². The highest BCUT2D eigenvalue weighted by molar-refractivity contribution is 14.1. The number of halogens is 1. The highest BCUT2D eigenvalue weighted by Gasteiger charge is 2.09. The Labute approximate surface area is 109 Å². The summed E-state index contributed by atoms with van der Waals surface area (Å²) in [4.78, 5) is 22.3. The molecular weight excluding hydrogens is 319 g/mol. The van der Waals surface area contributed by atoms with Gasteiger partial charge >= 0.3 is 0 Å². The van der Waals surface area contributed by atoms with Crippen molar-refractivity contribution in [1.82, 2.24) is 14.9 Å². The van der Waals surface area contributed by atoms with E-state index < -0.39 is 0 Å². The van der Waals surface area contributed by atoms with Crippen LogP contribution in [0.2, 0.25) is 0 Å². The fraction of sp³-hybridized carbons (Fsp3) is 0.600. The van der Waals surface area contributed by atoms with Gasteiger partial charge in [0.05, 0.1) is 6.33 Å². The summed E-state index contributed by atoms with van der Waals surface area (Å²) in [5.74, 6) is 0.753. The van der Waals surface area contributed by atoms with Gasteiger partial charge in [0.2, 0.25) is 0 Å². The number of nitrogens with one attached hydrogen (secondary N) is 1. The van der Waals surface area contributed by atoms with Crippen LogP contribution in [0.25, 0.3) is 0 Å². The third-order valence-corrected chi connectivity index (χ3v) is 3.21. The summed E-state index contributed by atoms with van der Waals surface area (Å²) >= 11 is 2.03. The van der Waals surface area contributed by atoms with E-state index in [4.69, 9.17) is 0 Å². The molecule has 0 aliphatic heterocycles. The van der Waals surface area contributed by atoms with Gasteiger partial charge in [-0.2, -0.15) is 0 Å². The topological polar surface area (TPSA) is 52.2 Å². The number of aromatic amines is 1. The molecule has 0 radical (unpaired) electrons. The summed E-state index contributed by atoms with van der Waals surface area (Å²) in [6, 6.07) is 0. The number of hydrogen-bond acceptors (Lipinski definition) is 4. The molecule has 0 atom stereocenters. The first-order chi connectivity index (χ1) is 7.52. The number of hydrogen-bond donors (Lipinski definition) is 1. The van der Waals surface area contributed by atoms with Crippen LogP contribution in [-0.4, -0.2) is 49.1 Å². The molecule has 5 nitrogen and oxygen atoms in total. The van der Waals surface area contributed by atoms with Crippen LogP contribution in [0.4, 0.5) is 5.82 Å². The van der Waals surface area contributed by atoms with E-state index in [-0.39, 0.29) is 5.56 Å². The molecule has 1 aromatic rings. The van der Waals surface area contributed by atoms with Crippen molar-refractivity contribution in [1.29, 1.82) is 0 Å². The Balaban J connectivity index is 2.62. The van der Waals surface area contributed by atoms with Crippen LogP contribution in [0.5, 0.6) is 0 Å². The SMILES string of the molecule is CN(C)CCCN(C)c1nc[nH]c(=O)c1I. The molecule has 0 aliphatic carbocycles. The minimum absolute atomic E-state index is 0.0786. The van der Waals surface area contributed by atoms with Crippen LogP contribution in [0, 0.1) is 3.57 Å². The van der Waals surface area contributed by atoms with Gasteiger partial charge in [-0.3, -0.25) is 4.79 Å². The number of anilines is 1. The Bertz CT molecular complexity index is 391. The van der Waals surface area contributed by atoms with Gasteiger partial charge in [-0.25, -0.2) is 4.98 Å². The lowest BCUT2D eigenvalue weighted by atomic mass is 10.3. The molecule has 1 rings (SSSR count). The predicted octanol–water partition coefficient (Wildman–Crippen LogP) is 0.762. The van der Waals surface area contributed by atoms with E-state index in [2.05, 4.69) is 29.0 Å². The number of H-pyrrole nitrogens is 1. The van der Waals surface area contributed by atoms with Gasteiger partial charge in [0, 0.05) is 13.6 Å². The maximum absolute atomic E-state index is 11.4. The zero-order valence-electron chi connectivity index (χ0n) is 9.83. The standard InChI is InChI=1S/C10H17IN4O/c1-14(2)5-4-6-15(3)9-8(11)10(16)13-7-12-9/h7H,4-6H2,1-3H3,(H,12,13,16). The van der Waals surface area contributed by atoms with E-state index in [0.29, 0.717) is 3.57 Å². The summed E-state index contributed by atoms with van der Waals surface area (Å²) in [5, 5.41) is 0. The van der Waals surface area contributed by atoms with Gasteiger partial charge in [0.25, 0.3) is 5.56 Å². The maximum Gasteiger partial charge on any atom is 0.266 e. The fourth-order valence-electron chi connectivity index (χ4n) is 1.37. The molecule has 90 valence electrons. The lowest BCUT2D eigenvalue weighted by Gasteiger charge is -2.19. The summed E-state index contributed by atoms with van der Waals surface area (Å²) in [6.45, 7) is 1.93. The highest BCUT2D eigenvalue weighted by atomic mass is 127. The van der Waals surface area contributed by atoms with E-state index in [1.807, 2.05) is 34.5 Å². The first kappa shape index (κ1) is 13.4. The van der Waals surface area contributed by atoms with E-state index in [0.717, 1.165) is 25.3 Å². The van der Waals surface area contributed by atoms with Gasteiger partial charge in [-0.1, -0.05) is 0 Å². The molecule has 1 aromatic heterocycles. The number of rotatable bonds is 5. The summed E-state index contributed by atoms with van der Waals surface area (Å²) < 4.78 is 0.646. The monoisotopic (exact) mass is 336 g/mol. The van der Waals surface area contributed by atoms with Gasteiger partial charge in [0.1, 0.15) is 9.39 Å². The second-order valence-electron chi connectivity index (χ2n) is 3.95. The predicted molar refractivity (Wildman–Crippen MR) is 74.0 cm³/mol. The minimum atomic E-state index is -0.0786. The van der Waals surface area contributed by atoms with Crippen molar-refractivity contribution in [2.75, 3.05) is 39.1 Å². The van der Waals surface area contributed by atoms with Crippen LogP contribution >= 0.6 is 22.6 Å². The minimum Gasteiger partial charge on any atom is -0.359 e. The molecule has 1 heterocycles. The summed E-state index contributed by atoms with van der Waals surface area (Å²) in [5.41, 5.74) is -0.0786. The fourth-order valence-corrected chi connectivity index (χ4v) is 2.08. The molecule has 6 heteroatoms. The molecule has 0 saturated heterocycles. The van der Waals surface area contributed by atoms with Crippen LogP contribution < -0.4 is 10.5 Å². The molecule has 0 aromatic carbocycles. The Morgan fingerprint density at radius 2 is 2.06 bits per heavy atom. The smallest absolute Gasteiger partial charge is 0.266 e. The summed E-state index contributed by atoms with van der Waals surface area (Å²) in [6.07, 6.45) is 2.50. The average Bonchev–Trinajstić information content (AvgIpc) is 2.21. The third-order valence-electron chi connectivity index (χ3n) is 2.24. The molecule has 0 amide bonds. The van der Waals surface area contributed by atoms with Gasteiger partial charge < -0.3 is 14.8 Å². The summed E-state index contributed by atoms with van der Waals surface area (Å²) in [7, 11) is 6.06. The van der Waals surface area contributed by atoms with Gasteiger partial charge in [-0.05, 0) is 49.7 Å². The van der Waals surface area contributed by atoms with E-state index in [9.17, 15) is 4.79 Å². The lowest BCUT2D eigenvalue weighted by Crippen LogP contribution is -2.27.